The summed E-state index contributed by atoms with van der Waals surface area (Å²) in [5.41, 5.74) is 3.46. The topological polar surface area (TPSA) is 94.4 Å². The summed E-state index contributed by atoms with van der Waals surface area (Å²) in [6.07, 6.45) is 5.57. The van der Waals surface area contributed by atoms with E-state index in [1.165, 1.54) is 0 Å². The number of nitrogens with one attached hydrogen (secondary N) is 1. The monoisotopic (exact) mass is 486 g/mol. The van der Waals surface area contributed by atoms with Crippen molar-refractivity contribution in [3.8, 4) is 11.4 Å². The number of aromatic nitrogens is 4. The Morgan fingerprint density at radius 3 is 2.92 bits per heavy atom. The van der Waals surface area contributed by atoms with Crippen LogP contribution in [0, 0.1) is 6.92 Å². The van der Waals surface area contributed by atoms with Crippen molar-refractivity contribution in [1.29, 1.82) is 0 Å². The van der Waals surface area contributed by atoms with E-state index in [0.29, 0.717) is 19.8 Å². The van der Waals surface area contributed by atoms with E-state index in [4.69, 9.17) is 9.47 Å². The summed E-state index contributed by atoms with van der Waals surface area (Å²) < 4.78 is 13.5. The molecule has 4 heterocycles. The second-order valence-corrected chi connectivity index (χ2v) is 8.89. The van der Waals surface area contributed by atoms with Crippen LogP contribution in [-0.4, -0.2) is 76.1 Å². The summed E-state index contributed by atoms with van der Waals surface area (Å²) in [7, 11) is 0. The standard InChI is InChI=1S/C27H30N6O3/c1-20-13-23(7-8-28-20)33-26-17-30-22(14-21(26)16-31-33)15-27(34)29-9-10-32-11-12-35-25(18-32)19-36-24-5-3-2-4-6-24/h2-8,13-14,16-17,25H,9-12,15,18-19H2,1H3,(H,29,34). The summed E-state index contributed by atoms with van der Waals surface area (Å²) in [6, 6.07) is 15.6. The van der Waals surface area contributed by atoms with E-state index in [1.54, 1.807) is 18.6 Å². The summed E-state index contributed by atoms with van der Waals surface area (Å²) in [5, 5.41) is 8.45. The van der Waals surface area contributed by atoms with Crippen LogP contribution in [0.5, 0.6) is 5.75 Å². The first-order valence-corrected chi connectivity index (χ1v) is 12.2. The lowest BCUT2D eigenvalue weighted by Gasteiger charge is -2.32. The van der Waals surface area contributed by atoms with Gasteiger partial charge in [0.2, 0.25) is 5.91 Å². The molecular weight excluding hydrogens is 456 g/mol. The number of nitrogens with zero attached hydrogens (tertiary/aromatic N) is 5. The number of benzene rings is 1. The summed E-state index contributed by atoms with van der Waals surface area (Å²) in [5.74, 6) is 0.799. The van der Waals surface area contributed by atoms with Gasteiger partial charge in [-0.3, -0.25) is 19.7 Å². The summed E-state index contributed by atoms with van der Waals surface area (Å²) in [6.45, 7) is 6.08. The van der Waals surface area contributed by atoms with Crippen LogP contribution in [0.1, 0.15) is 11.4 Å². The van der Waals surface area contributed by atoms with Crippen LogP contribution in [0.3, 0.4) is 0 Å². The molecule has 1 unspecified atom stereocenters. The SMILES string of the molecule is Cc1cc(-n2ncc3cc(CC(=O)NCCN4CCOC(COc5ccccc5)C4)ncc32)ccn1. The van der Waals surface area contributed by atoms with Gasteiger partial charge in [0.25, 0.3) is 0 Å². The van der Waals surface area contributed by atoms with E-state index in [9.17, 15) is 4.79 Å². The Bertz CT molecular complexity index is 1310. The zero-order valence-corrected chi connectivity index (χ0v) is 20.3. The molecule has 36 heavy (non-hydrogen) atoms. The van der Waals surface area contributed by atoms with Crippen LogP contribution >= 0.6 is 0 Å². The highest BCUT2D eigenvalue weighted by atomic mass is 16.5. The predicted octanol–water partition coefficient (Wildman–Crippen LogP) is 2.56. The zero-order valence-electron chi connectivity index (χ0n) is 20.3. The number of carbonyl (C=O) groups excluding carboxylic acids is 1. The van der Waals surface area contributed by atoms with E-state index in [-0.39, 0.29) is 18.4 Å². The lowest BCUT2D eigenvalue weighted by atomic mass is 10.2. The number of hydrogen-bond acceptors (Lipinski definition) is 7. The first-order chi connectivity index (χ1) is 17.6. The number of ether oxygens (including phenoxy) is 2. The molecule has 0 saturated carbocycles. The maximum Gasteiger partial charge on any atom is 0.226 e. The maximum atomic E-state index is 12.5. The van der Waals surface area contributed by atoms with Crippen molar-refractivity contribution in [3.05, 3.63) is 78.5 Å². The van der Waals surface area contributed by atoms with Gasteiger partial charge in [-0.15, -0.1) is 0 Å². The van der Waals surface area contributed by atoms with E-state index < -0.39 is 0 Å². The van der Waals surface area contributed by atoms with Crippen LogP contribution in [0.2, 0.25) is 0 Å². The van der Waals surface area contributed by atoms with Gasteiger partial charge < -0.3 is 14.8 Å². The van der Waals surface area contributed by atoms with Gasteiger partial charge in [-0.2, -0.15) is 5.10 Å². The molecule has 1 aliphatic heterocycles. The normalized spacial score (nSPS) is 16.2. The van der Waals surface area contributed by atoms with Gasteiger partial charge in [0.15, 0.2) is 0 Å². The van der Waals surface area contributed by atoms with E-state index in [2.05, 4.69) is 25.3 Å². The lowest BCUT2D eigenvalue weighted by Crippen LogP contribution is -2.47. The van der Waals surface area contributed by atoms with Gasteiger partial charge in [0.05, 0.1) is 42.3 Å². The molecule has 0 bridgehead atoms. The van der Waals surface area contributed by atoms with Gasteiger partial charge >= 0.3 is 0 Å². The first kappa shape index (κ1) is 23.9. The Labute approximate surface area is 210 Å². The van der Waals surface area contributed by atoms with Crippen molar-refractivity contribution in [2.75, 3.05) is 39.4 Å². The maximum absolute atomic E-state index is 12.5. The number of carbonyl (C=O) groups is 1. The van der Waals surface area contributed by atoms with E-state index in [0.717, 1.165) is 53.4 Å². The average molecular weight is 487 g/mol. The van der Waals surface area contributed by atoms with E-state index >= 15 is 0 Å². The Morgan fingerprint density at radius 2 is 2.06 bits per heavy atom. The number of para-hydroxylation sites is 1. The summed E-state index contributed by atoms with van der Waals surface area (Å²) >= 11 is 0. The second-order valence-electron chi connectivity index (χ2n) is 8.89. The molecular formula is C27H30N6O3. The fourth-order valence-corrected chi connectivity index (χ4v) is 4.31. The third-order valence-corrected chi connectivity index (χ3v) is 6.13. The van der Waals surface area contributed by atoms with Gasteiger partial charge in [-0.1, -0.05) is 18.2 Å². The molecule has 1 N–H and O–H groups in total. The third kappa shape index (κ3) is 6.05. The molecule has 1 atom stereocenters. The minimum atomic E-state index is -0.0452. The third-order valence-electron chi connectivity index (χ3n) is 6.13. The molecule has 1 saturated heterocycles. The number of morpholine rings is 1. The minimum absolute atomic E-state index is 0.0163. The predicted molar refractivity (Wildman–Crippen MR) is 136 cm³/mol. The highest BCUT2D eigenvalue weighted by Gasteiger charge is 2.21. The molecule has 9 heteroatoms. The molecule has 5 rings (SSSR count). The van der Waals surface area contributed by atoms with Gasteiger partial charge in [-0.05, 0) is 37.3 Å². The van der Waals surface area contributed by atoms with Crippen molar-refractivity contribution >= 4 is 16.8 Å². The van der Waals surface area contributed by atoms with Crippen LogP contribution in [-0.2, 0) is 16.0 Å². The van der Waals surface area contributed by atoms with Crippen molar-refractivity contribution in [3.63, 3.8) is 0 Å². The van der Waals surface area contributed by atoms with Crippen molar-refractivity contribution in [1.82, 2.24) is 30.0 Å². The average Bonchev–Trinajstić information content (AvgIpc) is 3.32. The van der Waals surface area contributed by atoms with Crippen LogP contribution in [0.4, 0.5) is 0 Å². The van der Waals surface area contributed by atoms with Crippen molar-refractivity contribution in [2.45, 2.75) is 19.4 Å². The Morgan fingerprint density at radius 1 is 1.17 bits per heavy atom. The van der Waals surface area contributed by atoms with Crippen molar-refractivity contribution < 1.29 is 14.3 Å². The number of pyridine rings is 2. The van der Waals surface area contributed by atoms with Crippen LogP contribution in [0.25, 0.3) is 16.6 Å². The number of aryl methyl sites for hydroxylation is 1. The lowest BCUT2D eigenvalue weighted by molar-refractivity contribution is -0.120. The Hall–Kier alpha value is -3.82. The second kappa shape index (κ2) is 11.3. The highest BCUT2D eigenvalue weighted by Crippen LogP contribution is 2.19. The molecule has 1 amide bonds. The number of hydrogen-bond donors (Lipinski definition) is 1. The zero-order chi connectivity index (χ0) is 24.7. The molecule has 186 valence electrons. The molecule has 1 fully saturated rings. The Balaban J connectivity index is 1.08. The van der Waals surface area contributed by atoms with Gasteiger partial charge in [-0.25, -0.2) is 4.68 Å². The molecule has 9 nitrogen and oxygen atoms in total. The first-order valence-electron chi connectivity index (χ1n) is 12.2. The minimum Gasteiger partial charge on any atom is -0.491 e. The van der Waals surface area contributed by atoms with E-state index in [1.807, 2.05) is 60.1 Å². The van der Waals surface area contributed by atoms with Crippen LogP contribution in [0.15, 0.2) is 67.1 Å². The van der Waals surface area contributed by atoms with Crippen molar-refractivity contribution in [2.24, 2.45) is 0 Å². The highest BCUT2D eigenvalue weighted by molar-refractivity contribution is 5.82. The largest absolute Gasteiger partial charge is 0.491 e. The molecule has 1 aliphatic rings. The molecule has 0 spiro atoms. The summed E-state index contributed by atoms with van der Waals surface area (Å²) in [4.78, 5) is 23.6. The van der Waals surface area contributed by atoms with Crippen LogP contribution < -0.4 is 10.1 Å². The van der Waals surface area contributed by atoms with Gasteiger partial charge in [0.1, 0.15) is 18.5 Å². The molecule has 4 aromatic rings. The molecule has 0 radical (unpaired) electrons. The smallest absolute Gasteiger partial charge is 0.226 e. The quantitative estimate of drug-likeness (QED) is 0.389. The fourth-order valence-electron chi connectivity index (χ4n) is 4.31. The number of amides is 1. The number of fused-ring (bicyclic) bond motifs is 1. The molecule has 3 aromatic heterocycles. The Kier molecular flexibility index (Phi) is 7.49. The molecule has 0 aliphatic carbocycles. The van der Waals surface area contributed by atoms with Gasteiger partial charge in [0, 0.05) is 43.5 Å². The molecule has 1 aromatic carbocycles. The number of rotatable bonds is 9. The fraction of sp³-hybridized carbons (Fsp3) is 0.333.